The second-order valence-corrected chi connectivity index (χ2v) is 6.79. The second kappa shape index (κ2) is 4.60. The Kier molecular flexibility index (Phi) is 3.48. The van der Waals surface area contributed by atoms with E-state index in [0.717, 1.165) is 38.5 Å². The molecule has 0 saturated heterocycles. The van der Waals surface area contributed by atoms with Crippen LogP contribution in [0.15, 0.2) is 0 Å². The lowest BCUT2D eigenvalue weighted by Gasteiger charge is -2.33. The molecule has 1 unspecified atom stereocenters. The average Bonchev–Trinajstić information content (AvgIpc) is 2.59. The van der Waals surface area contributed by atoms with Crippen LogP contribution in [-0.4, -0.2) is 17.5 Å². The summed E-state index contributed by atoms with van der Waals surface area (Å²) in [6.07, 6.45) is 8.53. The fraction of sp³-hybridized carbons (Fsp3) is 0.929. The first-order chi connectivity index (χ1) is 7.91. The van der Waals surface area contributed by atoms with Gasteiger partial charge in [0.1, 0.15) is 0 Å². The Hall–Kier alpha value is -0.570. The highest BCUT2D eigenvalue weighted by molar-refractivity contribution is 5.86. The Balaban J connectivity index is 1.88. The smallest absolute Gasteiger partial charge is 0.240 e. The molecule has 0 aromatic heterocycles. The molecule has 3 N–H and O–H groups in total. The van der Waals surface area contributed by atoms with Crippen molar-refractivity contribution in [3.63, 3.8) is 0 Å². The second-order valence-electron chi connectivity index (χ2n) is 6.79. The van der Waals surface area contributed by atoms with Crippen molar-refractivity contribution >= 4 is 5.91 Å². The van der Waals surface area contributed by atoms with E-state index in [9.17, 15) is 4.79 Å². The van der Waals surface area contributed by atoms with E-state index in [1.54, 1.807) is 0 Å². The summed E-state index contributed by atoms with van der Waals surface area (Å²) in [5.74, 6) is 0.0971. The zero-order valence-corrected chi connectivity index (χ0v) is 11.2. The largest absolute Gasteiger partial charge is 0.352 e. The highest BCUT2D eigenvalue weighted by atomic mass is 16.2. The van der Waals surface area contributed by atoms with E-state index in [0.29, 0.717) is 11.5 Å². The Morgan fingerprint density at radius 2 is 1.82 bits per heavy atom. The Morgan fingerprint density at radius 1 is 1.18 bits per heavy atom. The van der Waals surface area contributed by atoms with Crippen LogP contribution in [0.4, 0.5) is 0 Å². The lowest BCUT2D eigenvalue weighted by molar-refractivity contribution is -0.128. The first kappa shape index (κ1) is 12.9. The highest BCUT2D eigenvalue weighted by Crippen LogP contribution is 2.37. The minimum atomic E-state index is -0.578. The fourth-order valence-electron chi connectivity index (χ4n) is 3.30. The van der Waals surface area contributed by atoms with Gasteiger partial charge in [-0.05, 0) is 37.5 Å². The lowest BCUT2D eigenvalue weighted by atomic mass is 9.81. The van der Waals surface area contributed by atoms with Gasteiger partial charge in [-0.1, -0.05) is 33.1 Å². The predicted molar refractivity (Wildman–Crippen MR) is 69.6 cm³/mol. The molecule has 2 aliphatic carbocycles. The monoisotopic (exact) mass is 238 g/mol. The molecule has 1 amide bonds. The lowest BCUT2D eigenvalue weighted by Crippen LogP contribution is -2.56. The van der Waals surface area contributed by atoms with E-state index in [1.165, 1.54) is 12.8 Å². The highest BCUT2D eigenvalue weighted by Gasteiger charge is 2.38. The van der Waals surface area contributed by atoms with E-state index >= 15 is 0 Å². The van der Waals surface area contributed by atoms with Crippen molar-refractivity contribution in [2.24, 2.45) is 11.1 Å². The number of hydrogen-bond acceptors (Lipinski definition) is 2. The molecular formula is C14H26N2O. The van der Waals surface area contributed by atoms with Crippen molar-refractivity contribution in [1.29, 1.82) is 0 Å². The van der Waals surface area contributed by atoms with Gasteiger partial charge in [0.15, 0.2) is 0 Å². The summed E-state index contributed by atoms with van der Waals surface area (Å²) >= 11 is 0. The van der Waals surface area contributed by atoms with Gasteiger partial charge in [-0.25, -0.2) is 0 Å². The zero-order chi connectivity index (χ0) is 12.5. The summed E-state index contributed by atoms with van der Waals surface area (Å²) in [6, 6.07) is 0.347. The van der Waals surface area contributed by atoms with Crippen molar-refractivity contribution in [3.05, 3.63) is 0 Å². The van der Waals surface area contributed by atoms with Crippen LogP contribution in [0.3, 0.4) is 0 Å². The average molecular weight is 238 g/mol. The van der Waals surface area contributed by atoms with Gasteiger partial charge in [0.2, 0.25) is 5.91 Å². The molecule has 0 aliphatic heterocycles. The Morgan fingerprint density at radius 3 is 2.35 bits per heavy atom. The molecule has 3 nitrogen and oxygen atoms in total. The van der Waals surface area contributed by atoms with E-state index < -0.39 is 5.54 Å². The summed E-state index contributed by atoms with van der Waals surface area (Å²) in [5, 5.41) is 3.18. The molecule has 1 atom stereocenters. The number of hydrogen-bond donors (Lipinski definition) is 2. The third-order valence-electron chi connectivity index (χ3n) is 4.50. The van der Waals surface area contributed by atoms with E-state index in [1.807, 2.05) is 0 Å². The number of carbonyl (C=O) groups is 1. The molecule has 0 bridgehead atoms. The summed E-state index contributed by atoms with van der Waals surface area (Å²) in [5.41, 5.74) is 6.04. The third kappa shape index (κ3) is 3.01. The normalized spacial score (nSPS) is 31.1. The van der Waals surface area contributed by atoms with Crippen molar-refractivity contribution in [3.8, 4) is 0 Å². The van der Waals surface area contributed by atoms with Gasteiger partial charge >= 0.3 is 0 Å². The summed E-state index contributed by atoms with van der Waals surface area (Å²) in [7, 11) is 0. The minimum Gasteiger partial charge on any atom is -0.352 e. The van der Waals surface area contributed by atoms with Gasteiger partial charge in [0.25, 0.3) is 0 Å². The van der Waals surface area contributed by atoms with Crippen LogP contribution in [0.25, 0.3) is 0 Å². The molecule has 0 heterocycles. The molecule has 2 fully saturated rings. The van der Waals surface area contributed by atoms with E-state index in [-0.39, 0.29) is 5.91 Å². The van der Waals surface area contributed by atoms with Crippen molar-refractivity contribution < 1.29 is 4.79 Å². The number of amides is 1. The fourth-order valence-corrected chi connectivity index (χ4v) is 3.30. The van der Waals surface area contributed by atoms with Crippen molar-refractivity contribution in [1.82, 2.24) is 5.32 Å². The molecule has 0 spiro atoms. The van der Waals surface area contributed by atoms with E-state index in [2.05, 4.69) is 19.2 Å². The topological polar surface area (TPSA) is 55.1 Å². The maximum absolute atomic E-state index is 12.3. The van der Waals surface area contributed by atoms with Gasteiger partial charge < -0.3 is 11.1 Å². The van der Waals surface area contributed by atoms with Gasteiger partial charge in [0, 0.05) is 6.04 Å². The molecule has 0 aromatic rings. The van der Waals surface area contributed by atoms with Crippen LogP contribution in [-0.2, 0) is 4.79 Å². The van der Waals surface area contributed by atoms with Crippen LogP contribution in [0.1, 0.15) is 65.2 Å². The number of carbonyl (C=O) groups excluding carboxylic acids is 1. The first-order valence-electron chi connectivity index (χ1n) is 7.01. The van der Waals surface area contributed by atoms with Gasteiger partial charge in [-0.15, -0.1) is 0 Å². The summed E-state index contributed by atoms with van der Waals surface area (Å²) in [4.78, 5) is 12.3. The number of nitrogens with one attached hydrogen (secondary N) is 1. The van der Waals surface area contributed by atoms with Crippen LogP contribution in [0.2, 0.25) is 0 Å². The van der Waals surface area contributed by atoms with Crippen LogP contribution >= 0.6 is 0 Å². The predicted octanol–water partition coefficient (Wildman–Crippen LogP) is 2.34. The SMILES string of the molecule is CC1(C)CCC(NC(=O)C2(N)CCCCC2)C1. The molecule has 98 valence electrons. The third-order valence-corrected chi connectivity index (χ3v) is 4.50. The number of nitrogens with two attached hydrogens (primary N) is 1. The maximum Gasteiger partial charge on any atom is 0.240 e. The standard InChI is InChI=1S/C14H26N2O/c1-13(2)9-6-11(10-13)16-12(17)14(15)7-4-3-5-8-14/h11H,3-10,15H2,1-2H3,(H,16,17). The van der Waals surface area contributed by atoms with Gasteiger partial charge in [-0.3, -0.25) is 4.79 Å². The van der Waals surface area contributed by atoms with Crippen molar-refractivity contribution in [2.45, 2.75) is 76.8 Å². The first-order valence-corrected chi connectivity index (χ1v) is 7.01. The Labute approximate surface area is 105 Å². The summed E-state index contributed by atoms with van der Waals surface area (Å²) < 4.78 is 0. The quantitative estimate of drug-likeness (QED) is 0.776. The van der Waals surface area contributed by atoms with Crippen molar-refractivity contribution in [2.75, 3.05) is 0 Å². The zero-order valence-electron chi connectivity index (χ0n) is 11.2. The molecule has 2 rings (SSSR count). The van der Waals surface area contributed by atoms with Crippen LogP contribution < -0.4 is 11.1 Å². The van der Waals surface area contributed by atoms with Gasteiger partial charge in [-0.2, -0.15) is 0 Å². The maximum atomic E-state index is 12.3. The molecule has 17 heavy (non-hydrogen) atoms. The van der Waals surface area contributed by atoms with Crippen LogP contribution in [0, 0.1) is 5.41 Å². The molecule has 2 saturated carbocycles. The molecular weight excluding hydrogens is 212 g/mol. The molecule has 3 heteroatoms. The molecule has 0 radical (unpaired) electrons. The van der Waals surface area contributed by atoms with Gasteiger partial charge in [0.05, 0.1) is 5.54 Å². The van der Waals surface area contributed by atoms with Crippen LogP contribution in [0.5, 0.6) is 0 Å². The molecule has 2 aliphatic rings. The summed E-state index contributed by atoms with van der Waals surface area (Å²) in [6.45, 7) is 4.55. The molecule has 0 aromatic carbocycles. The van der Waals surface area contributed by atoms with E-state index in [4.69, 9.17) is 5.73 Å². The Bertz CT molecular complexity index is 293. The number of rotatable bonds is 2. The minimum absolute atomic E-state index is 0.0971.